The molecule has 0 saturated carbocycles. The van der Waals surface area contributed by atoms with Gasteiger partial charge in [-0.15, -0.1) is 0 Å². The van der Waals surface area contributed by atoms with E-state index in [2.05, 4.69) is 23.8 Å². The first-order valence-electron chi connectivity index (χ1n) is 7.76. The maximum atomic E-state index is 10.9. The normalized spacial score (nSPS) is 9.19. The van der Waals surface area contributed by atoms with Crippen LogP contribution >= 0.6 is 0 Å². The summed E-state index contributed by atoms with van der Waals surface area (Å²) in [5.41, 5.74) is 2.84. The van der Waals surface area contributed by atoms with Gasteiger partial charge in [0.25, 0.3) is 0 Å². The molecular formula is C19H21BN2O4. The zero-order chi connectivity index (χ0) is 19.5. The lowest BCUT2D eigenvalue weighted by Gasteiger charge is -2.04. The molecule has 0 fully saturated rings. The quantitative estimate of drug-likeness (QED) is 0.485. The van der Waals surface area contributed by atoms with Gasteiger partial charge in [0, 0.05) is 11.4 Å². The van der Waals surface area contributed by atoms with Crippen LogP contribution in [0.15, 0.2) is 73.8 Å². The molecule has 2 rings (SSSR count). The van der Waals surface area contributed by atoms with Crippen molar-refractivity contribution in [2.75, 3.05) is 10.6 Å². The van der Waals surface area contributed by atoms with E-state index < -0.39 is 7.12 Å². The summed E-state index contributed by atoms with van der Waals surface area (Å²) in [7, 11) is -1.49. The van der Waals surface area contributed by atoms with E-state index in [-0.39, 0.29) is 11.8 Å². The molecule has 4 N–H and O–H groups in total. The number of benzene rings is 2. The Kier molecular flexibility index (Phi) is 8.56. The van der Waals surface area contributed by atoms with Crippen molar-refractivity contribution in [1.82, 2.24) is 0 Å². The van der Waals surface area contributed by atoms with Crippen LogP contribution in [0.1, 0.15) is 5.56 Å². The molecule has 2 aromatic carbocycles. The number of anilines is 2. The van der Waals surface area contributed by atoms with E-state index in [1.54, 1.807) is 12.1 Å². The third kappa shape index (κ3) is 7.17. The minimum atomic E-state index is -1.49. The van der Waals surface area contributed by atoms with Crippen molar-refractivity contribution >= 4 is 35.8 Å². The molecule has 0 unspecified atom stereocenters. The van der Waals surface area contributed by atoms with Crippen molar-refractivity contribution in [2.45, 2.75) is 6.92 Å². The number of rotatable bonds is 5. The Morgan fingerprint density at radius 3 is 1.96 bits per heavy atom. The average molecular weight is 352 g/mol. The van der Waals surface area contributed by atoms with Crippen molar-refractivity contribution in [3.05, 3.63) is 79.4 Å². The molecule has 134 valence electrons. The minimum Gasteiger partial charge on any atom is -0.423 e. The summed E-state index contributed by atoms with van der Waals surface area (Å²) in [6, 6.07) is 13.8. The molecule has 0 aliphatic rings. The summed E-state index contributed by atoms with van der Waals surface area (Å²) in [4.78, 5) is 21.8. The van der Waals surface area contributed by atoms with Gasteiger partial charge in [-0.2, -0.15) is 0 Å². The molecule has 0 atom stereocenters. The lowest BCUT2D eigenvalue weighted by molar-refractivity contribution is -0.112. The van der Waals surface area contributed by atoms with Gasteiger partial charge in [-0.1, -0.05) is 43.5 Å². The number of carbonyl (C=O) groups is 2. The highest BCUT2D eigenvalue weighted by molar-refractivity contribution is 6.58. The van der Waals surface area contributed by atoms with Crippen LogP contribution < -0.4 is 16.1 Å². The molecule has 0 saturated heterocycles. The van der Waals surface area contributed by atoms with Crippen molar-refractivity contribution in [1.29, 1.82) is 0 Å². The molecular weight excluding hydrogens is 331 g/mol. The van der Waals surface area contributed by atoms with E-state index in [9.17, 15) is 9.59 Å². The van der Waals surface area contributed by atoms with Crippen LogP contribution in [0.25, 0.3) is 0 Å². The summed E-state index contributed by atoms with van der Waals surface area (Å²) in [5, 5.41) is 22.8. The zero-order valence-electron chi connectivity index (χ0n) is 14.5. The Hall–Kier alpha value is -3.16. The zero-order valence-corrected chi connectivity index (χ0v) is 14.5. The Morgan fingerprint density at radius 2 is 1.46 bits per heavy atom. The number of carbonyl (C=O) groups excluding carboxylic acids is 2. The molecule has 0 aliphatic carbocycles. The van der Waals surface area contributed by atoms with Crippen molar-refractivity contribution < 1.29 is 19.6 Å². The second-order valence-electron chi connectivity index (χ2n) is 5.20. The lowest BCUT2D eigenvalue weighted by atomic mass is 9.80. The standard InChI is InChI=1S/C10H11NO.C9H10BNO3/c1-3-10(12)11-9-7-5-4-6-8(9)2;1-2-9(12)11-8-5-3-7(4-6-8)10(13)14/h3-7H,1H2,2H3,(H,11,12);2-6,13-14H,1H2,(H,11,12). The summed E-state index contributed by atoms with van der Waals surface area (Å²) in [5.74, 6) is -0.480. The van der Waals surface area contributed by atoms with E-state index in [0.29, 0.717) is 11.2 Å². The maximum Gasteiger partial charge on any atom is 0.488 e. The Bertz CT molecular complexity index is 773. The van der Waals surface area contributed by atoms with Gasteiger partial charge in [0.05, 0.1) is 0 Å². The minimum absolute atomic E-state index is 0.177. The highest BCUT2D eigenvalue weighted by Gasteiger charge is 2.09. The van der Waals surface area contributed by atoms with E-state index >= 15 is 0 Å². The Morgan fingerprint density at radius 1 is 0.923 bits per heavy atom. The molecule has 0 spiro atoms. The molecule has 0 heterocycles. The molecule has 0 aromatic heterocycles. The van der Waals surface area contributed by atoms with Crippen LogP contribution in [0.3, 0.4) is 0 Å². The first-order chi connectivity index (χ1) is 12.4. The summed E-state index contributed by atoms with van der Waals surface area (Å²) in [6.07, 6.45) is 2.42. The molecule has 0 radical (unpaired) electrons. The molecule has 0 aliphatic heterocycles. The van der Waals surface area contributed by atoms with Crippen LogP contribution in [-0.2, 0) is 9.59 Å². The third-order valence-corrected chi connectivity index (χ3v) is 3.25. The van der Waals surface area contributed by atoms with Crippen molar-refractivity contribution in [3.8, 4) is 0 Å². The lowest BCUT2D eigenvalue weighted by Crippen LogP contribution is -2.29. The van der Waals surface area contributed by atoms with Gasteiger partial charge in [0.15, 0.2) is 0 Å². The fraction of sp³-hybridized carbons (Fsp3) is 0.0526. The Labute approximate surface area is 153 Å². The van der Waals surface area contributed by atoms with E-state index in [1.165, 1.54) is 18.2 Å². The molecule has 7 heteroatoms. The SMILES string of the molecule is C=CC(=O)Nc1ccc(B(O)O)cc1.C=CC(=O)Nc1ccccc1C. The third-order valence-electron chi connectivity index (χ3n) is 3.25. The second-order valence-corrected chi connectivity index (χ2v) is 5.20. The fourth-order valence-corrected chi connectivity index (χ4v) is 1.83. The molecule has 6 nitrogen and oxygen atoms in total. The number of para-hydroxylation sites is 1. The van der Waals surface area contributed by atoms with E-state index in [4.69, 9.17) is 10.0 Å². The highest BCUT2D eigenvalue weighted by Crippen LogP contribution is 2.12. The van der Waals surface area contributed by atoms with Crippen molar-refractivity contribution in [2.24, 2.45) is 0 Å². The van der Waals surface area contributed by atoms with Crippen LogP contribution in [0, 0.1) is 6.92 Å². The second kappa shape index (κ2) is 10.7. The van der Waals surface area contributed by atoms with Gasteiger partial charge in [0.1, 0.15) is 0 Å². The molecule has 0 bridgehead atoms. The highest BCUT2D eigenvalue weighted by atomic mass is 16.4. The van der Waals surface area contributed by atoms with Gasteiger partial charge < -0.3 is 20.7 Å². The van der Waals surface area contributed by atoms with E-state index in [0.717, 1.165) is 17.3 Å². The monoisotopic (exact) mass is 352 g/mol. The number of nitrogens with one attached hydrogen (secondary N) is 2. The topological polar surface area (TPSA) is 98.7 Å². The average Bonchev–Trinajstić information content (AvgIpc) is 2.64. The number of amides is 2. The molecule has 2 amide bonds. The predicted molar refractivity (Wildman–Crippen MR) is 105 cm³/mol. The van der Waals surface area contributed by atoms with Gasteiger partial charge in [-0.3, -0.25) is 9.59 Å². The first kappa shape index (κ1) is 20.9. The predicted octanol–water partition coefficient (Wildman–Crippen LogP) is 1.61. The molecule has 26 heavy (non-hydrogen) atoms. The summed E-state index contributed by atoms with van der Waals surface area (Å²) in [6.45, 7) is 8.63. The fourth-order valence-electron chi connectivity index (χ4n) is 1.83. The van der Waals surface area contributed by atoms with E-state index in [1.807, 2.05) is 31.2 Å². The van der Waals surface area contributed by atoms with Gasteiger partial charge in [-0.25, -0.2) is 0 Å². The van der Waals surface area contributed by atoms with Crippen LogP contribution in [0.4, 0.5) is 11.4 Å². The van der Waals surface area contributed by atoms with Crippen LogP contribution in [-0.4, -0.2) is 29.0 Å². The number of hydrogen-bond acceptors (Lipinski definition) is 4. The van der Waals surface area contributed by atoms with Gasteiger partial charge in [0.2, 0.25) is 11.8 Å². The number of hydrogen-bond donors (Lipinski definition) is 4. The first-order valence-corrected chi connectivity index (χ1v) is 7.76. The largest absolute Gasteiger partial charge is 0.488 e. The van der Waals surface area contributed by atoms with Gasteiger partial charge in [-0.05, 0) is 48.3 Å². The van der Waals surface area contributed by atoms with Crippen LogP contribution in [0.2, 0.25) is 0 Å². The summed E-state index contributed by atoms with van der Waals surface area (Å²) < 4.78 is 0. The van der Waals surface area contributed by atoms with Crippen LogP contribution in [0.5, 0.6) is 0 Å². The maximum absolute atomic E-state index is 10.9. The summed E-state index contributed by atoms with van der Waals surface area (Å²) >= 11 is 0. The number of aryl methyl sites for hydroxylation is 1. The van der Waals surface area contributed by atoms with Crippen molar-refractivity contribution in [3.63, 3.8) is 0 Å². The molecule has 2 aromatic rings. The Balaban J connectivity index is 0.000000263. The smallest absolute Gasteiger partial charge is 0.423 e. The van der Waals surface area contributed by atoms with Gasteiger partial charge >= 0.3 is 7.12 Å².